The third-order valence-corrected chi connectivity index (χ3v) is 4.99. The Kier molecular flexibility index (Phi) is 8.16. The van der Waals surface area contributed by atoms with Crippen molar-refractivity contribution in [2.24, 2.45) is 0 Å². The van der Waals surface area contributed by atoms with Crippen LogP contribution in [-0.4, -0.2) is 67.4 Å². The molecule has 1 fully saturated rings. The van der Waals surface area contributed by atoms with E-state index in [-0.39, 0.29) is 18.4 Å². The van der Waals surface area contributed by atoms with Gasteiger partial charge in [0.25, 0.3) is 0 Å². The number of aliphatic hydroxyl groups excluding tert-OH is 1. The smallest absolute Gasteiger partial charge is 0.338 e. The number of hydrogen-bond donors (Lipinski definition) is 1. The highest BCUT2D eigenvalue weighted by Crippen LogP contribution is 2.30. The van der Waals surface area contributed by atoms with Crippen molar-refractivity contribution < 1.29 is 43.2 Å². The van der Waals surface area contributed by atoms with E-state index in [4.69, 9.17) is 23.7 Å². The molecule has 0 unspecified atom stereocenters. The van der Waals surface area contributed by atoms with Gasteiger partial charge in [-0.05, 0) is 25.0 Å². The number of rotatable bonds is 4. The zero-order valence-corrected chi connectivity index (χ0v) is 17.2. The van der Waals surface area contributed by atoms with Crippen molar-refractivity contribution in [2.75, 3.05) is 13.7 Å². The van der Waals surface area contributed by atoms with E-state index in [2.05, 4.69) is 0 Å². The Balaban J connectivity index is 1.92. The summed E-state index contributed by atoms with van der Waals surface area (Å²) in [7, 11) is 1.33. The zero-order valence-electron chi connectivity index (χ0n) is 17.2. The Labute approximate surface area is 179 Å². The topological polar surface area (TPSA) is 118 Å². The maximum Gasteiger partial charge on any atom is 0.338 e. The molecule has 0 saturated carbocycles. The minimum absolute atomic E-state index is 0.0926. The lowest BCUT2D eigenvalue weighted by atomic mass is 9.98. The largest absolute Gasteiger partial charge is 0.454 e. The molecular formula is C22H26O9. The van der Waals surface area contributed by atoms with E-state index < -0.39 is 55.2 Å². The molecule has 5 atom stereocenters. The number of hydrogen-bond acceptors (Lipinski definition) is 9. The number of aliphatic hydroxyl groups is 1. The minimum atomic E-state index is -1.22. The average Bonchev–Trinajstić information content (AvgIpc) is 2.78. The second-order valence-corrected chi connectivity index (χ2v) is 7.15. The maximum absolute atomic E-state index is 12.7. The van der Waals surface area contributed by atoms with Crippen molar-refractivity contribution >= 4 is 17.9 Å². The molecule has 2 aliphatic rings. The average molecular weight is 434 g/mol. The van der Waals surface area contributed by atoms with Gasteiger partial charge in [0.15, 0.2) is 24.6 Å². The summed E-state index contributed by atoms with van der Waals surface area (Å²) < 4.78 is 27.7. The highest BCUT2D eigenvalue weighted by atomic mass is 16.7. The first kappa shape index (κ1) is 22.9. The maximum atomic E-state index is 12.7. The van der Waals surface area contributed by atoms with Crippen LogP contribution in [0.3, 0.4) is 0 Å². The highest BCUT2D eigenvalue weighted by molar-refractivity contribution is 5.89. The number of esters is 3. The van der Waals surface area contributed by atoms with Gasteiger partial charge in [0.2, 0.25) is 0 Å². The summed E-state index contributed by atoms with van der Waals surface area (Å²) in [5.41, 5.74) is 0.270. The summed E-state index contributed by atoms with van der Waals surface area (Å²) in [5.74, 6) is -1.80. The Morgan fingerprint density at radius 1 is 1.03 bits per heavy atom. The molecule has 9 heteroatoms. The van der Waals surface area contributed by atoms with Gasteiger partial charge in [-0.3, -0.25) is 9.59 Å². The predicted octanol–water partition coefficient (Wildman–Crippen LogP) is 1.53. The van der Waals surface area contributed by atoms with Gasteiger partial charge in [0, 0.05) is 20.0 Å². The first-order valence-electron chi connectivity index (χ1n) is 10.1. The molecule has 1 aromatic carbocycles. The number of carbonyl (C=O) groups is 3. The standard InChI is InChI=1S/C22H26O9/c1-27-22-20-19(29-16(24)11-7-2-3-8-12-17(25)30-20)18(15(13-23)28-22)31-21(26)14-9-5-4-6-10-14/h2-6,9-10,15,18-20,22-23H,7-8,11-13H2,1H3/t15-,18-,19+,20+,22+/m1/s1. The predicted molar refractivity (Wildman–Crippen MR) is 106 cm³/mol. The summed E-state index contributed by atoms with van der Waals surface area (Å²) >= 11 is 0. The Bertz CT molecular complexity index is 791. The van der Waals surface area contributed by atoms with E-state index in [1.54, 1.807) is 42.5 Å². The van der Waals surface area contributed by atoms with Crippen LogP contribution in [0.5, 0.6) is 0 Å². The van der Waals surface area contributed by atoms with Crippen LogP contribution >= 0.6 is 0 Å². The van der Waals surface area contributed by atoms with Crippen LogP contribution in [0.4, 0.5) is 0 Å². The summed E-state index contributed by atoms with van der Waals surface area (Å²) in [6.45, 7) is -0.538. The van der Waals surface area contributed by atoms with E-state index in [0.717, 1.165) is 0 Å². The van der Waals surface area contributed by atoms with Gasteiger partial charge in [0.05, 0.1) is 12.2 Å². The molecule has 0 aliphatic carbocycles. The molecule has 3 rings (SSSR count). The van der Waals surface area contributed by atoms with Gasteiger partial charge in [0.1, 0.15) is 6.10 Å². The van der Waals surface area contributed by atoms with Gasteiger partial charge in [-0.2, -0.15) is 0 Å². The van der Waals surface area contributed by atoms with Crippen molar-refractivity contribution in [1.29, 1.82) is 0 Å². The molecular weight excluding hydrogens is 408 g/mol. The van der Waals surface area contributed by atoms with Crippen LogP contribution in [0.15, 0.2) is 42.5 Å². The molecule has 1 saturated heterocycles. The first-order chi connectivity index (χ1) is 15.0. The van der Waals surface area contributed by atoms with Crippen molar-refractivity contribution in [3.8, 4) is 0 Å². The third kappa shape index (κ3) is 5.90. The quantitative estimate of drug-likeness (QED) is 0.428. The first-order valence-corrected chi connectivity index (χ1v) is 10.1. The van der Waals surface area contributed by atoms with Crippen molar-refractivity contribution in [3.63, 3.8) is 0 Å². The molecule has 0 radical (unpaired) electrons. The zero-order chi connectivity index (χ0) is 22.2. The fourth-order valence-corrected chi connectivity index (χ4v) is 3.44. The molecule has 168 valence electrons. The van der Waals surface area contributed by atoms with Crippen LogP contribution in [-0.2, 0) is 33.3 Å². The molecule has 0 aromatic heterocycles. The van der Waals surface area contributed by atoms with Crippen molar-refractivity contribution in [3.05, 3.63) is 48.0 Å². The van der Waals surface area contributed by atoms with Crippen LogP contribution in [0, 0.1) is 0 Å². The Morgan fingerprint density at radius 2 is 1.65 bits per heavy atom. The lowest BCUT2D eigenvalue weighted by Gasteiger charge is -2.43. The third-order valence-electron chi connectivity index (χ3n) is 4.99. The number of benzene rings is 1. The number of carbonyl (C=O) groups excluding carboxylic acids is 3. The summed E-state index contributed by atoms with van der Waals surface area (Å²) in [6, 6.07) is 8.22. The normalized spacial score (nSPS) is 29.5. The number of fused-ring (bicyclic) bond motifs is 1. The molecule has 2 heterocycles. The lowest BCUT2D eigenvalue weighted by Crippen LogP contribution is -2.62. The SMILES string of the molecule is CO[C@H]1O[C@H](CO)[C@@H](OC(=O)c2ccccc2)[C@@H]2OC(=O)CCC=CCCC(=O)O[C@H]12. The van der Waals surface area contributed by atoms with E-state index >= 15 is 0 Å². The number of ether oxygens (including phenoxy) is 5. The molecule has 1 N–H and O–H groups in total. The molecule has 0 amide bonds. The minimum Gasteiger partial charge on any atom is -0.454 e. The Hall–Kier alpha value is -2.75. The van der Waals surface area contributed by atoms with Gasteiger partial charge in [-0.25, -0.2) is 4.79 Å². The monoisotopic (exact) mass is 434 g/mol. The fraction of sp³-hybridized carbons (Fsp3) is 0.500. The number of methoxy groups -OCH3 is 1. The molecule has 0 bridgehead atoms. The summed E-state index contributed by atoms with van der Waals surface area (Å²) in [6.07, 6.45) is -1.11. The summed E-state index contributed by atoms with van der Waals surface area (Å²) in [5, 5.41) is 9.85. The van der Waals surface area contributed by atoms with E-state index in [0.29, 0.717) is 12.8 Å². The van der Waals surface area contributed by atoms with Crippen LogP contribution in [0.1, 0.15) is 36.0 Å². The second-order valence-electron chi connectivity index (χ2n) is 7.15. The van der Waals surface area contributed by atoms with Crippen molar-refractivity contribution in [1.82, 2.24) is 0 Å². The lowest BCUT2D eigenvalue weighted by molar-refractivity contribution is -0.299. The van der Waals surface area contributed by atoms with E-state index in [1.165, 1.54) is 7.11 Å². The van der Waals surface area contributed by atoms with Crippen molar-refractivity contribution in [2.45, 2.75) is 56.4 Å². The molecule has 1 aromatic rings. The summed E-state index contributed by atoms with van der Waals surface area (Å²) in [4.78, 5) is 37.5. The molecule has 31 heavy (non-hydrogen) atoms. The van der Waals surface area contributed by atoms with Crippen LogP contribution in [0.2, 0.25) is 0 Å². The van der Waals surface area contributed by atoms with Gasteiger partial charge in [-0.1, -0.05) is 30.4 Å². The van der Waals surface area contributed by atoms with E-state index in [1.807, 2.05) is 0 Å². The highest BCUT2D eigenvalue weighted by Gasteiger charge is 2.52. The van der Waals surface area contributed by atoms with Gasteiger partial charge >= 0.3 is 17.9 Å². The van der Waals surface area contributed by atoms with Crippen LogP contribution in [0.25, 0.3) is 0 Å². The van der Waals surface area contributed by atoms with Crippen LogP contribution < -0.4 is 0 Å². The number of allylic oxidation sites excluding steroid dienone is 2. The second kappa shape index (κ2) is 11.0. The van der Waals surface area contributed by atoms with Gasteiger partial charge < -0.3 is 28.8 Å². The van der Waals surface area contributed by atoms with Gasteiger partial charge in [-0.15, -0.1) is 0 Å². The molecule has 2 aliphatic heterocycles. The fourth-order valence-electron chi connectivity index (χ4n) is 3.44. The van der Waals surface area contributed by atoms with E-state index in [9.17, 15) is 19.5 Å². The molecule has 9 nitrogen and oxygen atoms in total. The molecule has 0 spiro atoms. The Morgan fingerprint density at radius 3 is 2.23 bits per heavy atom.